The number of aromatic nitrogens is 1. The molecule has 1 unspecified atom stereocenters. The van der Waals surface area contributed by atoms with Gasteiger partial charge in [0.25, 0.3) is 5.79 Å². The predicted octanol–water partition coefficient (Wildman–Crippen LogP) is 4.39. The Morgan fingerprint density at radius 3 is 2.81 bits per heavy atom. The molecule has 1 aliphatic heterocycles. The number of halogens is 2. The summed E-state index contributed by atoms with van der Waals surface area (Å²) in [6.45, 7) is 3.89. The van der Waals surface area contributed by atoms with E-state index in [4.69, 9.17) is 9.47 Å². The first-order valence-electron chi connectivity index (χ1n) is 6.81. The minimum absolute atomic E-state index is 0.346. The maximum absolute atomic E-state index is 11.5. The molecule has 2 heterocycles. The lowest BCUT2D eigenvalue weighted by Crippen LogP contribution is -2.39. The van der Waals surface area contributed by atoms with Gasteiger partial charge in [-0.05, 0) is 40.0 Å². The second-order valence-corrected chi connectivity index (χ2v) is 6.77. The van der Waals surface area contributed by atoms with Gasteiger partial charge in [-0.25, -0.2) is 0 Å². The Labute approximate surface area is 139 Å². The second kappa shape index (κ2) is 5.41. The van der Waals surface area contributed by atoms with Crippen LogP contribution >= 0.6 is 31.9 Å². The van der Waals surface area contributed by atoms with Crippen molar-refractivity contribution in [2.45, 2.75) is 32.5 Å². The molecule has 1 atom stereocenters. The molecule has 1 N–H and O–H groups in total. The number of benzene rings is 1. The number of nitrogens with one attached hydrogen (secondary N) is 1. The van der Waals surface area contributed by atoms with Crippen LogP contribution < -0.4 is 0 Å². The first-order valence-corrected chi connectivity index (χ1v) is 8.39. The van der Waals surface area contributed by atoms with Gasteiger partial charge in [0.15, 0.2) is 0 Å². The van der Waals surface area contributed by atoms with Gasteiger partial charge in [0.2, 0.25) is 0 Å². The fraction of sp³-hybridized carbons (Fsp3) is 0.400. The van der Waals surface area contributed by atoms with Crippen LogP contribution in [0.1, 0.15) is 31.5 Å². The first kappa shape index (κ1) is 15.1. The summed E-state index contributed by atoms with van der Waals surface area (Å²) in [6, 6.07) is 3.99. The number of H-pyrrole nitrogens is 1. The molecule has 0 fully saturated rings. The van der Waals surface area contributed by atoms with Crippen LogP contribution in [-0.2, 0) is 26.5 Å². The Morgan fingerprint density at radius 1 is 1.43 bits per heavy atom. The molecule has 6 heteroatoms. The van der Waals surface area contributed by atoms with Crippen molar-refractivity contribution in [3.63, 3.8) is 0 Å². The summed E-state index contributed by atoms with van der Waals surface area (Å²) in [7, 11) is 0. The van der Waals surface area contributed by atoms with Crippen molar-refractivity contribution in [3.05, 3.63) is 32.3 Å². The normalized spacial score (nSPS) is 21.3. The minimum atomic E-state index is -1.02. The van der Waals surface area contributed by atoms with Crippen molar-refractivity contribution >= 4 is 48.7 Å². The molecule has 1 aromatic carbocycles. The number of hydrogen-bond acceptors (Lipinski definition) is 3. The molecule has 3 rings (SSSR count). The third-order valence-electron chi connectivity index (χ3n) is 3.80. The maximum atomic E-state index is 11.5. The lowest BCUT2D eigenvalue weighted by Gasteiger charge is -2.35. The van der Waals surface area contributed by atoms with E-state index in [1.165, 1.54) is 6.92 Å². The molecule has 0 aliphatic carbocycles. The molecule has 0 radical (unpaired) electrons. The molecule has 112 valence electrons. The number of carbonyl (C=O) groups is 1. The van der Waals surface area contributed by atoms with Crippen LogP contribution in [0.25, 0.3) is 10.9 Å². The van der Waals surface area contributed by atoms with Gasteiger partial charge in [-0.2, -0.15) is 0 Å². The molecule has 2 aromatic rings. The standard InChI is InChI=1S/C15H15Br2NO3/c1-3-15(21-8(2)19)14-9(6-7-20-15)12-10(16)4-5-11(17)13(12)18-14/h4-5,18H,3,6-7H2,1-2H3. The lowest BCUT2D eigenvalue weighted by molar-refractivity contribution is -0.245. The minimum Gasteiger partial charge on any atom is -0.427 e. The summed E-state index contributed by atoms with van der Waals surface area (Å²) < 4.78 is 13.4. The Balaban J connectivity index is 2.29. The van der Waals surface area contributed by atoms with Crippen molar-refractivity contribution in [1.29, 1.82) is 0 Å². The molecular weight excluding hydrogens is 402 g/mol. The summed E-state index contributed by atoms with van der Waals surface area (Å²) in [6.07, 6.45) is 1.34. The number of aromatic amines is 1. The highest BCUT2D eigenvalue weighted by molar-refractivity contribution is 9.11. The van der Waals surface area contributed by atoms with Gasteiger partial charge in [-0.3, -0.25) is 4.79 Å². The smallest absolute Gasteiger partial charge is 0.305 e. The molecule has 4 nitrogen and oxygen atoms in total. The van der Waals surface area contributed by atoms with Crippen LogP contribution in [0.15, 0.2) is 21.1 Å². The van der Waals surface area contributed by atoms with Gasteiger partial charge in [0.05, 0.1) is 17.8 Å². The third-order valence-corrected chi connectivity index (χ3v) is 5.12. The van der Waals surface area contributed by atoms with Crippen LogP contribution in [-0.4, -0.2) is 17.6 Å². The fourth-order valence-corrected chi connectivity index (χ4v) is 3.92. The third kappa shape index (κ3) is 2.33. The quantitative estimate of drug-likeness (QED) is 0.738. The summed E-state index contributed by atoms with van der Waals surface area (Å²) in [5.41, 5.74) is 2.98. The molecule has 1 aromatic heterocycles. The molecule has 21 heavy (non-hydrogen) atoms. The van der Waals surface area contributed by atoms with E-state index in [9.17, 15) is 4.79 Å². The lowest BCUT2D eigenvalue weighted by atomic mass is 9.98. The Kier molecular flexibility index (Phi) is 3.88. The van der Waals surface area contributed by atoms with Gasteiger partial charge in [0, 0.05) is 27.7 Å². The van der Waals surface area contributed by atoms with E-state index in [1.54, 1.807) is 0 Å². The Bertz CT molecular complexity index is 725. The van der Waals surface area contributed by atoms with E-state index in [2.05, 4.69) is 36.8 Å². The van der Waals surface area contributed by atoms with E-state index in [0.717, 1.165) is 37.5 Å². The summed E-state index contributed by atoms with van der Waals surface area (Å²) in [5, 5.41) is 1.12. The highest BCUT2D eigenvalue weighted by Gasteiger charge is 2.42. The monoisotopic (exact) mass is 415 g/mol. The van der Waals surface area contributed by atoms with E-state index < -0.39 is 5.79 Å². The number of fused-ring (bicyclic) bond motifs is 3. The summed E-state index contributed by atoms with van der Waals surface area (Å²) in [4.78, 5) is 14.9. The molecular formula is C15H15Br2NO3. The highest BCUT2D eigenvalue weighted by atomic mass is 79.9. The van der Waals surface area contributed by atoms with Crippen LogP contribution in [0.2, 0.25) is 0 Å². The molecule has 0 saturated heterocycles. The van der Waals surface area contributed by atoms with E-state index >= 15 is 0 Å². The molecule has 0 bridgehead atoms. The molecule has 0 amide bonds. The van der Waals surface area contributed by atoms with Gasteiger partial charge < -0.3 is 14.5 Å². The highest BCUT2D eigenvalue weighted by Crippen LogP contribution is 2.43. The van der Waals surface area contributed by atoms with E-state index in [1.807, 2.05) is 19.1 Å². The Hall–Kier alpha value is -0.850. The first-order chi connectivity index (χ1) is 9.98. The number of carbonyl (C=O) groups excluding carboxylic acids is 1. The number of rotatable bonds is 2. The van der Waals surface area contributed by atoms with Crippen molar-refractivity contribution < 1.29 is 14.3 Å². The van der Waals surface area contributed by atoms with Gasteiger partial charge in [-0.15, -0.1) is 0 Å². The molecule has 0 spiro atoms. The largest absolute Gasteiger partial charge is 0.427 e. The van der Waals surface area contributed by atoms with Crippen LogP contribution in [0.5, 0.6) is 0 Å². The SMILES string of the molecule is CCC1(OC(C)=O)OCCc2c1[nH]c1c(Br)ccc(Br)c21. The molecule has 1 aliphatic rings. The van der Waals surface area contributed by atoms with Gasteiger partial charge in [0.1, 0.15) is 0 Å². The Morgan fingerprint density at radius 2 is 2.14 bits per heavy atom. The van der Waals surface area contributed by atoms with E-state index in [-0.39, 0.29) is 5.97 Å². The van der Waals surface area contributed by atoms with Crippen LogP contribution in [0, 0.1) is 0 Å². The van der Waals surface area contributed by atoms with Crippen molar-refractivity contribution in [1.82, 2.24) is 4.98 Å². The van der Waals surface area contributed by atoms with E-state index in [0.29, 0.717) is 13.0 Å². The number of ether oxygens (including phenoxy) is 2. The summed E-state index contributed by atoms with van der Waals surface area (Å²) in [5.74, 6) is -1.36. The van der Waals surface area contributed by atoms with Crippen molar-refractivity contribution in [2.75, 3.05) is 6.61 Å². The summed E-state index contributed by atoms with van der Waals surface area (Å²) >= 11 is 7.18. The number of esters is 1. The topological polar surface area (TPSA) is 51.3 Å². The van der Waals surface area contributed by atoms with Gasteiger partial charge >= 0.3 is 5.97 Å². The average molecular weight is 417 g/mol. The van der Waals surface area contributed by atoms with Crippen LogP contribution in [0.4, 0.5) is 0 Å². The predicted molar refractivity (Wildman–Crippen MR) is 87.1 cm³/mol. The maximum Gasteiger partial charge on any atom is 0.305 e. The number of hydrogen-bond donors (Lipinski definition) is 1. The zero-order valence-electron chi connectivity index (χ0n) is 11.8. The van der Waals surface area contributed by atoms with Crippen molar-refractivity contribution in [3.8, 4) is 0 Å². The van der Waals surface area contributed by atoms with Crippen LogP contribution in [0.3, 0.4) is 0 Å². The average Bonchev–Trinajstić information content (AvgIpc) is 2.84. The second-order valence-electron chi connectivity index (χ2n) is 5.06. The van der Waals surface area contributed by atoms with Gasteiger partial charge in [-0.1, -0.05) is 22.9 Å². The van der Waals surface area contributed by atoms with Crippen molar-refractivity contribution in [2.24, 2.45) is 0 Å². The zero-order valence-corrected chi connectivity index (χ0v) is 14.9. The molecule has 0 saturated carbocycles. The fourth-order valence-electron chi connectivity index (χ4n) is 2.92. The zero-order chi connectivity index (χ0) is 15.2.